The molecule has 0 aliphatic heterocycles. The minimum atomic E-state index is 0. The lowest BCUT2D eigenvalue weighted by Gasteiger charge is -2.17. The molecule has 0 aliphatic carbocycles. The molecule has 0 saturated carbocycles. The summed E-state index contributed by atoms with van der Waals surface area (Å²) in [5.41, 5.74) is 3.72. The number of ether oxygens (including phenoxy) is 1. The Balaban J connectivity index is 0.00000312. The Morgan fingerprint density at radius 1 is 1.08 bits per heavy atom. The van der Waals surface area contributed by atoms with E-state index in [0.717, 1.165) is 23.8 Å². The summed E-state index contributed by atoms with van der Waals surface area (Å²) in [4.78, 5) is 4.29. The maximum atomic E-state index is 5.38. The fourth-order valence-corrected chi connectivity index (χ4v) is 2.51. The smallest absolute Gasteiger partial charge is 0.191 e. The van der Waals surface area contributed by atoms with Crippen molar-refractivity contribution < 1.29 is 4.74 Å². The molecule has 0 heterocycles. The van der Waals surface area contributed by atoms with Gasteiger partial charge in [-0.3, -0.25) is 4.99 Å². The Morgan fingerprint density at radius 3 is 2.40 bits per heavy atom. The summed E-state index contributed by atoms with van der Waals surface area (Å²) in [5.74, 6) is 2.09. The molecule has 2 rings (SSSR count). The quantitative estimate of drug-likeness (QED) is 0.394. The van der Waals surface area contributed by atoms with E-state index < -0.39 is 0 Å². The number of aryl methyl sites for hydroxylation is 1. The van der Waals surface area contributed by atoms with Crippen molar-refractivity contribution in [1.82, 2.24) is 10.6 Å². The lowest BCUT2D eigenvalue weighted by molar-refractivity contribution is 0.409. The first-order valence-electron chi connectivity index (χ1n) is 8.27. The summed E-state index contributed by atoms with van der Waals surface area (Å²) in [6, 6.07) is 16.7. The normalized spacial score (nSPS) is 12.1. The van der Waals surface area contributed by atoms with Gasteiger partial charge in [0, 0.05) is 25.7 Å². The van der Waals surface area contributed by atoms with Crippen LogP contribution in [0.25, 0.3) is 0 Å². The molecule has 136 valence electrons. The van der Waals surface area contributed by atoms with Crippen LogP contribution in [0.5, 0.6) is 5.75 Å². The number of aliphatic imine (C=N–C) groups is 1. The van der Waals surface area contributed by atoms with Gasteiger partial charge in [0.25, 0.3) is 0 Å². The minimum Gasteiger partial charge on any atom is -0.496 e. The van der Waals surface area contributed by atoms with Gasteiger partial charge in [-0.05, 0) is 24.5 Å². The van der Waals surface area contributed by atoms with E-state index in [4.69, 9.17) is 4.74 Å². The van der Waals surface area contributed by atoms with Crippen LogP contribution in [0.15, 0.2) is 53.5 Å². The van der Waals surface area contributed by atoms with Gasteiger partial charge in [0.15, 0.2) is 5.96 Å². The first-order chi connectivity index (χ1) is 11.6. The van der Waals surface area contributed by atoms with Gasteiger partial charge in [-0.2, -0.15) is 0 Å². The van der Waals surface area contributed by atoms with Crippen LogP contribution in [0.4, 0.5) is 0 Å². The summed E-state index contributed by atoms with van der Waals surface area (Å²) >= 11 is 0. The average Bonchev–Trinajstić information content (AvgIpc) is 2.62. The van der Waals surface area contributed by atoms with E-state index in [1.165, 1.54) is 11.1 Å². The molecule has 0 spiro atoms. The van der Waals surface area contributed by atoms with Crippen LogP contribution >= 0.6 is 24.0 Å². The Hall–Kier alpha value is -1.76. The van der Waals surface area contributed by atoms with E-state index in [1.54, 1.807) is 14.2 Å². The monoisotopic (exact) mass is 453 g/mol. The summed E-state index contributed by atoms with van der Waals surface area (Å²) in [5, 5.41) is 6.72. The third kappa shape index (κ3) is 6.57. The number of benzene rings is 2. The van der Waals surface area contributed by atoms with Gasteiger partial charge in [-0.25, -0.2) is 0 Å². The lowest BCUT2D eigenvalue weighted by atomic mass is 10.0. The molecule has 0 amide bonds. The highest BCUT2D eigenvalue weighted by Gasteiger charge is 2.07. The van der Waals surface area contributed by atoms with Crippen LogP contribution in [0.1, 0.15) is 29.5 Å². The van der Waals surface area contributed by atoms with Crippen molar-refractivity contribution in [2.24, 2.45) is 4.99 Å². The van der Waals surface area contributed by atoms with Crippen LogP contribution < -0.4 is 15.4 Å². The highest BCUT2D eigenvalue weighted by atomic mass is 127. The third-order valence-corrected chi connectivity index (χ3v) is 4.08. The molecule has 5 heteroatoms. The number of halogens is 1. The van der Waals surface area contributed by atoms with Crippen molar-refractivity contribution in [3.8, 4) is 5.75 Å². The highest BCUT2D eigenvalue weighted by molar-refractivity contribution is 14.0. The van der Waals surface area contributed by atoms with Gasteiger partial charge in [0.1, 0.15) is 5.75 Å². The molecule has 0 radical (unpaired) electrons. The van der Waals surface area contributed by atoms with Crippen molar-refractivity contribution in [2.45, 2.75) is 26.3 Å². The van der Waals surface area contributed by atoms with Crippen molar-refractivity contribution in [1.29, 1.82) is 0 Å². The van der Waals surface area contributed by atoms with E-state index >= 15 is 0 Å². The van der Waals surface area contributed by atoms with E-state index in [2.05, 4.69) is 53.7 Å². The second-order valence-corrected chi connectivity index (χ2v) is 5.93. The molecule has 0 fully saturated rings. The number of guanidine groups is 1. The zero-order valence-electron chi connectivity index (χ0n) is 15.4. The van der Waals surface area contributed by atoms with Crippen LogP contribution in [0, 0.1) is 6.92 Å². The fourth-order valence-electron chi connectivity index (χ4n) is 2.51. The van der Waals surface area contributed by atoms with Gasteiger partial charge < -0.3 is 15.4 Å². The lowest BCUT2D eigenvalue weighted by Crippen LogP contribution is -2.38. The second-order valence-electron chi connectivity index (χ2n) is 5.93. The predicted molar refractivity (Wildman–Crippen MR) is 116 cm³/mol. The molecule has 0 aromatic heterocycles. The average molecular weight is 453 g/mol. The maximum absolute atomic E-state index is 5.38. The van der Waals surface area contributed by atoms with Gasteiger partial charge in [-0.15, -0.1) is 24.0 Å². The van der Waals surface area contributed by atoms with Gasteiger partial charge >= 0.3 is 0 Å². The molecule has 1 unspecified atom stereocenters. The molecule has 0 saturated heterocycles. The molecule has 2 N–H and O–H groups in total. The summed E-state index contributed by atoms with van der Waals surface area (Å²) < 4.78 is 5.38. The van der Waals surface area contributed by atoms with Crippen molar-refractivity contribution in [2.75, 3.05) is 20.7 Å². The number of nitrogens with one attached hydrogen (secondary N) is 2. The summed E-state index contributed by atoms with van der Waals surface area (Å²) in [6.07, 6.45) is 0. The second kappa shape index (κ2) is 11.0. The molecule has 0 bridgehead atoms. The van der Waals surface area contributed by atoms with Crippen LogP contribution in [-0.4, -0.2) is 26.7 Å². The van der Waals surface area contributed by atoms with Crippen LogP contribution in [0.3, 0.4) is 0 Å². The molecule has 0 aliphatic rings. The fraction of sp³-hybridized carbons (Fsp3) is 0.350. The van der Waals surface area contributed by atoms with E-state index in [9.17, 15) is 0 Å². The SMILES string of the molecule is CN=C(NCc1ccccc1OC)NCC(C)c1ccc(C)cc1.I. The van der Waals surface area contributed by atoms with Crippen molar-refractivity contribution in [3.05, 3.63) is 65.2 Å². The molecule has 25 heavy (non-hydrogen) atoms. The number of nitrogens with zero attached hydrogens (tertiary/aromatic N) is 1. The molecular weight excluding hydrogens is 425 g/mol. The number of hydrogen-bond donors (Lipinski definition) is 2. The number of methoxy groups -OCH3 is 1. The Bertz CT molecular complexity index is 671. The largest absolute Gasteiger partial charge is 0.496 e. The summed E-state index contributed by atoms with van der Waals surface area (Å²) in [6.45, 7) is 5.82. The van der Waals surface area contributed by atoms with Crippen LogP contribution in [0.2, 0.25) is 0 Å². The summed E-state index contributed by atoms with van der Waals surface area (Å²) in [7, 11) is 3.48. The molecule has 4 nitrogen and oxygen atoms in total. The molecule has 2 aromatic rings. The third-order valence-electron chi connectivity index (χ3n) is 4.08. The Kier molecular flexibility index (Phi) is 9.34. The standard InChI is InChI=1S/C20H27N3O.HI/c1-15-9-11-17(12-10-15)16(2)13-22-20(21-3)23-14-18-7-5-6-8-19(18)24-4;/h5-12,16H,13-14H2,1-4H3,(H2,21,22,23);1H. The Labute approximate surface area is 168 Å². The van der Waals surface area contributed by atoms with Crippen molar-refractivity contribution in [3.63, 3.8) is 0 Å². The van der Waals surface area contributed by atoms with Crippen molar-refractivity contribution >= 4 is 29.9 Å². The number of hydrogen-bond acceptors (Lipinski definition) is 2. The first-order valence-corrected chi connectivity index (χ1v) is 8.27. The molecule has 1 atom stereocenters. The number of rotatable bonds is 6. The van der Waals surface area contributed by atoms with E-state index in [0.29, 0.717) is 12.5 Å². The Morgan fingerprint density at radius 2 is 1.76 bits per heavy atom. The topological polar surface area (TPSA) is 45.7 Å². The highest BCUT2D eigenvalue weighted by Crippen LogP contribution is 2.17. The molecule has 2 aromatic carbocycles. The first kappa shape index (κ1) is 21.3. The van der Waals surface area contributed by atoms with E-state index in [-0.39, 0.29) is 24.0 Å². The predicted octanol–water partition coefficient (Wildman–Crippen LogP) is 4.09. The van der Waals surface area contributed by atoms with Crippen LogP contribution in [-0.2, 0) is 6.54 Å². The van der Waals surface area contributed by atoms with Gasteiger partial charge in [0.2, 0.25) is 0 Å². The zero-order chi connectivity index (χ0) is 17.4. The van der Waals surface area contributed by atoms with Gasteiger partial charge in [0.05, 0.1) is 7.11 Å². The zero-order valence-corrected chi connectivity index (χ0v) is 17.7. The van der Waals surface area contributed by atoms with E-state index in [1.807, 2.05) is 24.3 Å². The number of para-hydroxylation sites is 1. The molecular formula is C20H28IN3O. The minimum absolute atomic E-state index is 0. The van der Waals surface area contributed by atoms with Gasteiger partial charge in [-0.1, -0.05) is 55.0 Å². The maximum Gasteiger partial charge on any atom is 0.191 e.